The molecule has 1 fully saturated rings. The van der Waals surface area contributed by atoms with E-state index in [1.165, 1.54) is 0 Å². The van der Waals surface area contributed by atoms with Gasteiger partial charge in [0.2, 0.25) is 0 Å². The Hall–Kier alpha value is -1.41. The summed E-state index contributed by atoms with van der Waals surface area (Å²) in [6.07, 6.45) is 2.14. The predicted octanol–water partition coefficient (Wildman–Crippen LogP) is 0.314. The lowest BCUT2D eigenvalue weighted by Gasteiger charge is -2.12. The highest BCUT2D eigenvalue weighted by Crippen LogP contribution is 2.20. The van der Waals surface area contributed by atoms with Crippen molar-refractivity contribution in [2.24, 2.45) is 5.84 Å². The van der Waals surface area contributed by atoms with Gasteiger partial charge in [-0.2, -0.15) is 0 Å². The molecular formula is C11H19N5O2S. The van der Waals surface area contributed by atoms with Gasteiger partial charge in [0.1, 0.15) is 17.5 Å². The van der Waals surface area contributed by atoms with E-state index >= 15 is 0 Å². The van der Waals surface area contributed by atoms with Crippen molar-refractivity contribution in [3.8, 4) is 0 Å². The third-order valence-corrected chi connectivity index (χ3v) is 5.49. The summed E-state index contributed by atoms with van der Waals surface area (Å²) in [5, 5.41) is 2.75. The van der Waals surface area contributed by atoms with E-state index in [1.807, 2.05) is 6.92 Å². The van der Waals surface area contributed by atoms with E-state index in [9.17, 15) is 8.42 Å². The van der Waals surface area contributed by atoms with Crippen molar-refractivity contribution in [2.45, 2.75) is 31.4 Å². The fourth-order valence-corrected chi connectivity index (χ4v) is 3.89. The molecule has 1 saturated heterocycles. The summed E-state index contributed by atoms with van der Waals surface area (Å²) >= 11 is 0. The number of aryl methyl sites for hydroxylation is 1. The number of nitrogen functional groups attached to an aromatic ring is 1. The first-order chi connectivity index (χ1) is 9.05. The van der Waals surface area contributed by atoms with Gasteiger partial charge in [0, 0.05) is 19.0 Å². The number of hydrogen-bond acceptors (Lipinski definition) is 7. The van der Waals surface area contributed by atoms with Crippen LogP contribution in [0.15, 0.2) is 6.07 Å². The number of rotatable bonds is 5. The van der Waals surface area contributed by atoms with Gasteiger partial charge in [-0.05, 0) is 12.8 Å². The van der Waals surface area contributed by atoms with Gasteiger partial charge in [-0.15, -0.1) is 0 Å². The van der Waals surface area contributed by atoms with Crippen molar-refractivity contribution in [3.63, 3.8) is 0 Å². The zero-order valence-electron chi connectivity index (χ0n) is 10.9. The second-order valence-electron chi connectivity index (χ2n) is 4.56. The quantitative estimate of drug-likeness (QED) is 0.527. The molecule has 1 atom stereocenters. The third kappa shape index (κ3) is 3.32. The average Bonchev–Trinajstić information content (AvgIpc) is 2.74. The molecule has 2 rings (SSSR count). The average molecular weight is 285 g/mol. The van der Waals surface area contributed by atoms with E-state index < -0.39 is 9.84 Å². The smallest absolute Gasteiger partial charge is 0.154 e. The lowest BCUT2D eigenvalue weighted by atomic mass is 10.2. The molecule has 1 unspecified atom stereocenters. The summed E-state index contributed by atoms with van der Waals surface area (Å²) in [5.41, 5.74) is 2.48. The van der Waals surface area contributed by atoms with Crippen molar-refractivity contribution >= 4 is 21.5 Å². The summed E-state index contributed by atoms with van der Waals surface area (Å²) in [4.78, 5) is 8.47. The van der Waals surface area contributed by atoms with E-state index in [4.69, 9.17) is 5.84 Å². The van der Waals surface area contributed by atoms with Gasteiger partial charge < -0.3 is 10.7 Å². The molecule has 19 heavy (non-hydrogen) atoms. The van der Waals surface area contributed by atoms with Crippen LogP contribution in [0.4, 0.5) is 11.6 Å². The van der Waals surface area contributed by atoms with Crippen molar-refractivity contribution in [1.29, 1.82) is 0 Å². The number of sulfone groups is 1. The molecule has 0 spiro atoms. The molecule has 0 saturated carbocycles. The maximum Gasteiger partial charge on any atom is 0.154 e. The van der Waals surface area contributed by atoms with Crippen molar-refractivity contribution in [1.82, 2.24) is 9.97 Å². The Bertz CT molecular complexity index is 524. The summed E-state index contributed by atoms with van der Waals surface area (Å²) in [6, 6.07) is 1.67. The SMILES string of the molecule is CCc1nc(NN)cc(NCC2CCCS2(=O)=O)n1. The number of nitrogens with one attached hydrogen (secondary N) is 2. The molecule has 1 aromatic rings. The molecule has 1 aliphatic rings. The minimum absolute atomic E-state index is 0.291. The Balaban J connectivity index is 2.07. The first-order valence-corrected chi connectivity index (χ1v) is 8.06. The van der Waals surface area contributed by atoms with Crippen LogP contribution in [0.1, 0.15) is 25.6 Å². The van der Waals surface area contributed by atoms with Gasteiger partial charge in [0.05, 0.1) is 11.0 Å². The number of hydrogen-bond donors (Lipinski definition) is 3. The molecule has 0 bridgehead atoms. The van der Waals surface area contributed by atoms with Gasteiger partial charge in [-0.25, -0.2) is 24.2 Å². The number of aromatic nitrogens is 2. The van der Waals surface area contributed by atoms with E-state index in [0.717, 1.165) is 6.42 Å². The monoisotopic (exact) mass is 285 g/mol. The Morgan fingerprint density at radius 3 is 2.74 bits per heavy atom. The number of hydrazine groups is 1. The van der Waals surface area contributed by atoms with E-state index in [2.05, 4.69) is 20.7 Å². The molecule has 4 N–H and O–H groups in total. The molecule has 7 nitrogen and oxygen atoms in total. The summed E-state index contributed by atoms with van der Waals surface area (Å²) < 4.78 is 23.4. The van der Waals surface area contributed by atoms with Gasteiger partial charge >= 0.3 is 0 Å². The van der Waals surface area contributed by atoms with Crippen LogP contribution in [-0.2, 0) is 16.3 Å². The van der Waals surface area contributed by atoms with Crippen molar-refractivity contribution < 1.29 is 8.42 Å². The van der Waals surface area contributed by atoms with Gasteiger partial charge in [-0.1, -0.05) is 6.92 Å². The minimum atomic E-state index is -2.93. The Morgan fingerprint density at radius 2 is 2.16 bits per heavy atom. The molecule has 0 aromatic carbocycles. The number of anilines is 2. The fourth-order valence-electron chi connectivity index (χ4n) is 2.13. The van der Waals surface area contributed by atoms with Crippen molar-refractivity contribution in [3.05, 3.63) is 11.9 Å². The number of nitrogens with two attached hydrogens (primary N) is 1. The highest BCUT2D eigenvalue weighted by Gasteiger charge is 2.30. The molecule has 0 radical (unpaired) electrons. The maximum atomic E-state index is 11.7. The first-order valence-electron chi connectivity index (χ1n) is 6.35. The summed E-state index contributed by atoms with van der Waals surface area (Å²) in [5.74, 6) is 7.41. The van der Waals surface area contributed by atoms with Crippen molar-refractivity contribution in [2.75, 3.05) is 23.0 Å². The van der Waals surface area contributed by atoms with Crippen LogP contribution < -0.4 is 16.6 Å². The lowest BCUT2D eigenvalue weighted by Crippen LogP contribution is -2.25. The van der Waals surface area contributed by atoms with Crippen LogP contribution in [-0.4, -0.2) is 35.9 Å². The van der Waals surface area contributed by atoms with Crippen LogP contribution in [0.2, 0.25) is 0 Å². The normalized spacial score (nSPS) is 21.3. The second kappa shape index (κ2) is 5.70. The molecular weight excluding hydrogens is 266 g/mol. The third-order valence-electron chi connectivity index (χ3n) is 3.21. The molecule has 0 amide bonds. The maximum absolute atomic E-state index is 11.7. The van der Waals surface area contributed by atoms with Gasteiger partial charge in [0.15, 0.2) is 9.84 Å². The molecule has 1 aliphatic heterocycles. The van der Waals surface area contributed by atoms with E-state index in [0.29, 0.717) is 42.6 Å². The largest absolute Gasteiger partial charge is 0.369 e. The van der Waals surface area contributed by atoms with Crippen LogP contribution in [0.5, 0.6) is 0 Å². The molecule has 1 aromatic heterocycles. The zero-order chi connectivity index (χ0) is 13.9. The first kappa shape index (κ1) is 14.0. The van der Waals surface area contributed by atoms with Crippen LogP contribution in [0.25, 0.3) is 0 Å². The summed E-state index contributed by atoms with van der Waals surface area (Å²) in [7, 11) is -2.93. The zero-order valence-corrected chi connectivity index (χ0v) is 11.7. The predicted molar refractivity (Wildman–Crippen MR) is 74.5 cm³/mol. The Morgan fingerprint density at radius 1 is 1.42 bits per heavy atom. The Kier molecular flexibility index (Phi) is 4.20. The fraction of sp³-hybridized carbons (Fsp3) is 0.636. The summed E-state index contributed by atoms with van der Waals surface area (Å²) in [6.45, 7) is 2.33. The van der Waals surface area contributed by atoms with Crippen LogP contribution in [0.3, 0.4) is 0 Å². The van der Waals surface area contributed by atoms with Crippen LogP contribution in [0, 0.1) is 0 Å². The van der Waals surface area contributed by atoms with E-state index in [1.54, 1.807) is 6.07 Å². The molecule has 8 heteroatoms. The van der Waals surface area contributed by atoms with E-state index in [-0.39, 0.29) is 5.25 Å². The highest BCUT2D eigenvalue weighted by atomic mass is 32.2. The number of nitrogens with zero attached hydrogens (tertiary/aromatic N) is 2. The standard InChI is InChI=1S/C11H19N5O2S/c1-2-9-14-10(6-11(15-9)16-12)13-7-8-4-3-5-19(8,17)18/h6,8H,2-5,7,12H2,1H3,(H2,13,14,15,16). The Labute approximate surface area is 112 Å². The molecule has 0 aliphatic carbocycles. The molecule has 106 valence electrons. The van der Waals surface area contributed by atoms with Gasteiger partial charge in [0.25, 0.3) is 0 Å². The topological polar surface area (TPSA) is 110 Å². The highest BCUT2D eigenvalue weighted by molar-refractivity contribution is 7.92. The van der Waals surface area contributed by atoms with Crippen LogP contribution >= 0.6 is 0 Å². The lowest BCUT2D eigenvalue weighted by molar-refractivity contribution is 0.591. The minimum Gasteiger partial charge on any atom is -0.369 e. The molecule has 2 heterocycles. The second-order valence-corrected chi connectivity index (χ2v) is 6.97. The van der Waals surface area contributed by atoms with Gasteiger partial charge in [-0.3, -0.25) is 0 Å².